The molecule has 0 amide bonds. The zero-order valence-electron chi connectivity index (χ0n) is 15.5. The fourth-order valence-electron chi connectivity index (χ4n) is 1.98. The van der Waals surface area contributed by atoms with Crippen molar-refractivity contribution in [1.29, 1.82) is 0 Å². The van der Waals surface area contributed by atoms with E-state index in [1.807, 2.05) is 27.7 Å². The Bertz CT molecular complexity index is 435. The van der Waals surface area contributed by atoms with Gasteiger partial charge in [-0.15, -0.1) is 0 Å². The van der Waals surface area contributed by atoms with Gasteiger partial charge in [-0.2, -0.15) is 4.31 Å². The third kappa shape index (κ3) is 8.15. The quantitative estimate of drug-likeness (QED) is 0.657. The molecule has 0 spiro atoms. The Kier molecular flexibility index (Phi) is 7.90. The van der Waals surface area contributed by atoms with Crippen LogP contribution in [0.25, 0.3) is 0 Å². The molecule has 0 N–H and O–H groups in total. The fourth-order valence-corrected chi connectivity index (χ4v) is 4.12. The summed E-state index contributed by atoms with van der Waals surface area (Å²) in [6.07, 6.45) is 2.35. The molecule has 5 nitrogen and oxygen atoms in total. The molecule has 7 heteroatoms. The minimum absolute atomic E-state index is 0.0643. The minimum atomic E-state index is -3.37. The topological polar surface area (TPSA) is 69.7 Å². The second kappa shape index (κ2) is 7.83. The van der Waals surface area contributed by atoms with Crippen LogP contribution in [0.5, 0.6) is 0 Å². The lowest BCUT2D eigenvalue weighted by Gasteiger charge is -2.38. The van der Waals surface area contributed by atoms with Crippen molar-refractivity contribution in [3.8, 4) is 0 Å². The first-order valence-electron chi connectivity index (χ1n) is 7.48. The Hall–Kier alpha value is 0.180. The third-order valence-corrected chi connectivity index (χ3v) is 5.89. The van der Waals surface area contributed by atoms with E-state index >= 15 is 0 Å². The molecule has 0 bridgehead atoms. The molecule has 0 saturated carbocycles. The highest BCUT2D eigenvalue weighted by atomic mass is 32.2. The van der Waals surface area contributed by atoms with Crippen LogP contribution < -0.4 is 0 Å². The van der Waals surface area contributed by atoms with E-state index < -0.39 is 32.8 Å². The number of sulfonamides is 1. The molecule has 2 unspecified atom stereocenters. The Balaban J connectivity index is 5.27. The largest absolute Gasteiger partial charge is 0.616 e. The van der Waals surface area contributed by atoms with E-state index in [2.05, 4.69) is 20.8 Å². The van der Waals surface area contributed by atoms with Crippen LogP contribution in [0, 0.1) is 5.41 Å². The van der Waals surface area contributed by atoms with E-state index in [0.29, 0.717) is 5.75 Å². The summed E-state index contributed by atoms with van der Waals surface area (Å²) in [7, 11) is -3.37. The van der Waals surface area contributed by atoms with Crippen molar-refractivity contribution >= 4 is 21.2 Å². The van der Waals surface area contributed by atoms with E-state index in [9.17, 15) is 13.0 Å². The molecule has 134 valence electrons. The van der Waals surface area contributed by atoms with Crippen molar-refractivity contribution in [2.24, 2.45) is 5.41 Å². The van der Waals surface area contributed by atoms with Crippen LogP contribution >= 0.6 is 0 Å². The smallest absolute Gasteiger partial charge is 0.211 e. The molecule has 0 aliphatic heterocycles. The van der Waals surface area contributed by atoms with Gasteiger partial charge in [-0.25, -0.2) is 8.42 Å². The molecule has 0 fully saturated rings. The van der Waals surface area contributed by atoms with Gasteiger partial charge in [-0.3, -0.25) is 0 Å². The second-order valence-electron chi connectivity index (χ2n) is 7.97. The van der Waals surface area contributed by atoms with Gasteiger partial charge in [-0.1, -0.05) is 31.9 Å². The Labute approximate surface area is 140 Å². The minimum Gasteiger partial charge on any atom is -0.616 e. The van der Waals surface area contributed by atoms with Crippen LogP contribution in [0.1, 0.15) is 48.5 Å². The van der Waals surface area contributed by atoms with E-state index in [4.69, 9.17) is 4.74 Å². The van der Waals surface area contributed by atoms with Gasteiger partial charge >= 0.3 is 0 Å². The maximum absolute atomic E-state index is 12.1. The normalized spacial score (nSPS) is 18.3. The van der Waals surface area contributed by atoms with Crippen molar-refractivity contribution in [1.82, 2.24) is 4.31 Å². The van der Waals surface area contributed by atoms with Crippen LogP contribution in [-0.2, 0) is 25.9 Å². The summed E-state index contributed by atoms with van der Waals surface area (Å²) < 4.78 is 43.3. The summed E-state index contributed by atoms with van der Waals surface area (Å²) in [6, 6.07) is 0. The zero-order valence-corrected chi connectivity index (χ0v) is 17.1. The van der Waals surface area contributed by atoms with Crippen molar-refractivity contribution in [3.05, 3.63) is 0 Å². The van der Waals surface area contributed by atoms with Gasteiger partial charge in [0.15, 0.2) is 0 Å². The molecule has 0 aromatic heterocycles. The average Bonchev–Trinajstić information content (AvgIpc) is 2.19. The molecule has 0 aliphatic carbocycles. The number of rotatable bonds is 7. The number of nitrogens with zero attached hydrogens (tertiary/aromatic N) is 1. The van der Waals surface area contributed by atoms with Gasteiger partial charge in [0, 0.05) is 12.1 Å². The SMILES string of the molecule is CC(OC(CN(C(C)(C)C)S(C)(=O)=O)C[S@+](C)[O-])C(C)(C)C. The maximum atomic E-state index is 12.1. The van der Waals surface area contributed by atoms with Crippen molar-refractivity contribution in [3.63, 3.8) is 0 Å². The summed E-state index contributed by atoms with van der Waals surface area (Å²) in [5.74, 6) is 0.322. The Morgan fingerprint density at radius 1 is 1.18 bits per heavy atom. The van der Waals surface area contributed by atoms with Gasteiger partial charge < -0.3 is 9.29 Å². The number of hydrogen-bond donors (Lipinski definition) is 0. The van der Waals surface area contributed by atoms with Gasteiger partial charge in [0.05, 0.1) is 18.6 Å². The molecule has 0 saturated heterocycles. The van der Waals surface area contributed by atoms with Crippen molar-refractivity contribution in [2.75, 3.05) is 24.8 Å². The van der Waals surface area contributed by atoms with Gasteiger partial charge in [-0.05, 0) is 33.1 Å². The molecule has 0 rings (SSSR count). The standard InChI is InChI=1S/C15H33NO4S2/c1-12(14(2,3)4)20-13(11-21(8)17)10-16(15(5,6)7)22(9,18)19/h12-13H,10-11H2,1-9H3/t12?,13?,21-/m0/s1. The average molecular weight is 356 g/mol. The highest BCUT2D eigenvalue weighted by Crippen LogP contribution is 2.25. The Morgan fingerprint density at radius 3 is 1.91 bits per heavy atom. The van der Waals surface area contributed by atoms with E-state index in [-0.39, 0.29) is 18.1 Å². The summed E-state index contributed by atoms with van der Waals surface area (Å²) in [4.78, 5) is 0. The predicted molar refractivity (Wildman–Crippen MR) is 94.0 cm³/mol. The summed E-state index contributed by atoms with van der Waals surface area (Å²) in [5.41, 5.74) is -0.611. The monoisotopic (exact) mass is 355 g/mol. The predicted octanol–water partition coefficient (Wildman–Crippen LogP) is 2.24. The molecule has 3 atom stereocenters. The summed E-state index contributed by atoms with van der Waals surface area (Å²) in [5, 5.41) is 0. The Morgan fingerprint density at radius 2 is 1.64 bits per heavy atom. The molecular formula is C15H33NO4S2. The molecule has 0 radical (unpaired) electrons. The maximum Gasteiger partial charge on any atom is 0.211 e. The van der Waals surface area contributed by atoms with E-state index in [0.717, 1.165) is 0 Å². The van der Waals surface area contributed by atoms with Gasteiger partial charge in [0.2, 0.25) is 10.0 Å². The van der Waals surface area contributed by atoms with Crippen molar-refractivity contribution < 1.29 is 17.7 Å². The third-order valence-electron chi connectivity index (χ3n) is 3.55. The number of ether oxygens (including phenoxy) is 1. The lowest BCUT2D eigenvalue weighted by atomic mass is 9.90. The fraction of sp³-hybridized carbons (Fsp3) is 1.00. The second-order valence-corrected chi connectivity index (χ2v) is 11.4. The van der Waals surface area contributed by atoms with Crippen molar-refractivity contribution in [2.45, 2.75) is 66.2 Å². The highest BCUT2D eigenvalue weighted by molar-refractivity contribution is 7.90. The first-order valence-corrected chi connectivity index (χ1v) is 11.1. The molecule has 0 aromatic rings. The molecule has 0 aliphatic rings. The highest BCUT2D eigenvalue weighted by Gasteiger charge is 2.35. The van der Waals surface area contributed by atoms with Crippen LogP contribution in [0.4, 0.5) is 0 Å². The van der Waals surface area contributed by atoms with Gasteiger partial charge in [0.1, 0.15) is 11.9 Å². The van der Waals surface area contributed by atoms with E-state index in [1.165, 1.54) is 10.6 Å². The summed E-state index contributed by atoms with van der Waals surface area (Å²) >= 11 is -1.06. The molecule has 0 heterocycles. The number of hydrogen-bond acceptors (Lipinski definition) is 4. The first-order chi connectivity index (χ1) is 9.55. The molecule has 22 heavy (non-hydrogen) atoms. The van der Waals surface area contributed by atoms with Crippen LogP contribution in [0.15, 0.2) is 0 Å². The van der Waals surface area contributed by atoms with Crippen LogP contribution in [-0.4, -0.2) is 59.8 Å². The van der Waals surface area contributed by atoms with E-state index in [1.54, 1.807) is 6.26 Å². The van der Waals surface area contributed by atoms with Crippen LogP contribution in [0.2, 0.25) is 0 Å². The lowest BCUT2D eigenvalue weighted by Crippen LogP contribution is -2.51. The lowest BCUT2D eigenvalue weighted by molar-refractivity contribution is -0.0555. The van der Waals surface area contributed by atoms with Gasteiger partial charge in [0.25, 0.3) is 0 Å². The zero-order chi connectivity index (χ0) is 17.9. The first kappa shape index (κ1) is 22.2. The summed E-state index contributed by atoms with van der Waals surface area (Å²) in [6.45, 7) is 13.9. The molecular weight excluding hydrogens is 322 g/mol. The molecule has 0 aromatic carbocycles. The van der Waals surface area contributed by atoms with Crippen LogP contribution in [0.3, 0.4) is 0 Å².